The van der Waals surface area contributed by atoms with Crippen LogP contribution in [-0.4, -0.2) is 53.1 Å². The van der Waals surface area contributed by atoms with E-state index in [4.69, 9.17) is 9.47 Å². The minimum absolute atomic E-state index is 0.00200. The molecule has 0 radical (unpaired) electrons. The second kappa shape index (κ2) is 10.0. The van der Waals surface area contributed by atoms with Crippen molar-refractivity contribution in [3.63, 3.8) is 0 Å². The molecule has 2 aromatic carbocycles. The van der Waals surface area contributed by atoms with Gasteiger partial charge in [0.05, 0.1) is 11.8 Å². The Morgan fingerprint density at radius 3 is 2.63 bits per heavy atom. The van der Waals surface area contributed by atoms with Gasteiger partial charge in [0.25, 0.3) is 5.91 Å². The average molecular weight is 517 g/mol. The van der Waals surface area contributed by atoms with Gasteiger partial charge in [0.1, 0.15) is 23.4 Å². The fourth-order valence-corrected chi connectivity index (χ4v) is 5.62. The Kier molecular flexibility index (Phi) is 6.74. The predicted molar refractivity (Wildman–Crippen MR) is 140 cm³/mol. The fraction of sp³-hybridized carbons (Fsp3) is 0.448. The SMILES string of the molecule is CC(C)(C)OC(=O)N1[C@@H]2CC[C@@H](C2)[C@H]1C(=O)N[C@H](C#N)Cc1ccc(-c2ccc3c(c2)NC(=O)CO3)cc1. The molecule has 5 rings (SSSR count). The number of anilines is 1. The van der Waals surface area contributed by atoms with E-state index in [1.165, 1.54) is 0 Å². The summed E-state index contributed by atoms with van der Waals surface area (Å²) in [7, 11) is 0. The second-order valence-electron chi connectivity index (χ2n) is 11.2. The van der Waals surface area contributed by atoms with Gasteiger partial charge in [-0.3, -0.25) is 14.5 Å². The Hall–Kier alpha value is -4.06. The standard InChI is InChI=1S/C29H32N4O5/c1-29(2,3)38-28(36)33-22-10-8-20(13-22)26(33)27(35)31-21(15-30)12-17-4-6-18(7-5-17)19-9-11-24-23(14-19)32-25(34)16-37-24/h4-7,9,11,14,20-22,26H,8,10,12-13,16H2,1-3H3,(H,31,35)(H,32,34)/t20-,21-,22+,26-/m0/s1. The van der Waals surface area contributed by atoms with Gasteiger partial charge in [-0.15, -0.1) is 0 Å². The molecule has 0 aromatic heterocycles. The van der Waals surface area contributed by atoms with Crippen molar-refractivity contribution in [2.75, 3.05) is 11.9 Å². The third-order valence-electron chi connectivity index (χ3n) is 7.27. The van der Waals surface area contributed by atoms with E-state index in [-0.39, 0.29) is 30.4 Å². The number of ether oxygens (including phenoxy) is 2. The normalized spacial score (nSPS) is 22.5. The van der Waals surface area contributed by atoms with Crippen LogP contribution >= 0.6 is 0 Å². The lowest BCUT2D eigenvalue weighted by Crippen LogP contribution is -2.55. The maximum absolute atomic E-state index is 13.3. The number of likely N-dealkylation sites (tertiary alicyclic amines) is 1. The van der Waals surface area contributed by atoms with Crippen molar-refractivity contribution in [3.8, 4) is 22.9 Å². The molecule has 1 saturated carbocycles. The molecular formula is C29H32N4O5. The van der Waals surface area contributed by atoms with Gasteiger partial charge in [-0.2, -0.15) is 5.26 Å². The van der Waals surface area contributed by atoms with E-state index in [2.05, 4.69) is 16.7 Å². The average Bonchev–Trinajstić information content (AvgIpc) is 3.49. The van der Waals surface area contributed by atoms with Gasteiger partial charge in [0, 0.05) is 12.5 Å². The van der Waals surface area contributed by atoms with E-state index >= 15 is 0 Å². The Balaban J connectivity index is 1.24. The van der Waals surface area contributed by atoms with Crippen LogP contribution in [0.15, 0.2) is 42.5 Å². The van der Waals surface area contributed by atoms with Crippen molar-refractivity contribution in [2.45, 2.75) is 70.2 Å². The third-order valence-corrected chi connectivity index (χ3v) is 7.27. The molecule has 4 atom stereocenters. The Labute approximate surface area is 222 Å². The summed E-state index contributed by atoms with van der Waals surface area (Å²) in [5, 5.41) is 15.5. The molecule has 198 valence electrons. The van der Waals surface area contributed by atoms with Crippen LogP contribution in [0.2, 0.25) is 0 Å². The van der Waals surface area contributed by atoms with Crippen LogP contribution in [0.1, 0.15) is 45.6 Å². The van der Waals surface area contributed by atoms with Gasteiger partial charge in [0.15, 0.2) is 6.61 Å². The highest BCUT2D eigenvalue weighted by atomic mass is 16.6. The lowest BCUT2D eigenvalue weighted by atomic mass is 9.97. The number of hydrogen-bond donors (Lipinski definition) is 2. The van der Waals surface area contributed by atoms with Crippen LogP contribution in [0.5, 0.6) is 5.75 Å². The van der Waals surface area contributed by atoms with Crippen LogP contribution < -0.4 is 15.4 Å². The quantitative estimate of drug-likeness (QED) is 0.619. The number of nitriles is 1. The number of hydrogen-bond acceptors (Lipinski definition) is 6. The van der Waals surface area contributed by atoms with Crippen LogP contribution in [0, 0.1) is 17.2 Å². The molecule has 2 bridgehead atoms. The first-order valence-corrected chi connectivity index (χ1v) is 13.0. The zero-order valence-electron chi connectivity index (χ0n) is 21.8. The summed E-state index contributed by atoms with van der Waals surface area (Å²) in [6.07, 6.45) is 2.41. The highest BCUT2D eigenvalue weighted by molar-refractivity contribution is 5.96. The maximum atomic E-state index is 13.3. The molecule has 3 aliphatic rings. The van der Waals surface area contributed by atoms with Crippen LogP contribution in [-0.2, 0) is 20.7 Å². The van der Waals surface area contributed by atoms with Crippen LogP contribution in [0.3, 0.4) is 0 Å². The van der Waals surface area contributed by atoms with Gasteiger partial charge in [-0.25, -0.2) is 4.79 Å². The molecule has 9 heteroatoms. The molecule has 9 nitrogen and oxygen atoms in total. The highest BCUT2D eigenvalue weighted by Gasteiger charge is 2.52. The van der Waals surface area contributed by atoms with Crippen molar-refractivity contribution in [1.29, 1.82) is 5.26 Å². The van der Waals surface area contributed by atoms with Crippen molar-refractivity contribution < 1.29 is 23.9 Å². The Morgan fingerprint density at radius 1 is 1.18 bits per heavy atom. The minimum atomic E-state index is -0.732. The molecule has 2 fully saturated rings. The van der Waals surface area contributed by atoms with Gasteiger partial charge in [-0.1, -0.05) is 30.3 Å². The maximum Gasteiger partial charge on any atom is 0.411 e. The lowest BCUT2D eigenvalue weighted by Gasteiger charge is -2.35. The number of carbonyl (C=O) groups is 3. The molecule has 3 amide bonds. The summed E-state index contributed by atoms with van der Waals surface area (Å²) in [6, 6.07) is 14.2. The topological polar surface area (TPSA) is 121 Å². The molecule has 2 heterocycles. The van der Waals surface area contributed by atoms with E-state index in [0.717, 1.165) is 36.0 Å². The summed E-state index contributed by atoms with van der Waals surface area (Å²) in [6.45, 7) is 5.44. The Bertz CT molecular complexity index is 1290. The number of piperidine rings is 1. The van der Waals surface area contributed by atoms with E-state index in [1.807, 2.05) is 63.2 Å². The second-order valence-corrected chi connectivity index (χ2v) is 11.2. The summed E-state index contributed by atoms with van der Waals surface area (Å²) in [5.74, 6) is 0.232. The Morgan fingerprint density at radius 2 is 1.92 bits per heavy atom. The molecule has 38 heavy (non-hydrogen) atoms. The van der Waals surface area contributed by atoms with Gasteiger partial charge >= 0.3 is 6.09 Å². The summed E-state index contributed by atoms with van der Waals surface area (Å²) in [4.78, 5) is 39.4. The van der Waals surface area contributed by atoms with Crippen molar-refractivity contribution in [1.82, 2.24) is 10.2 Å². The molecule has 0 spiro atoms. The van der Waals surface area contributed by atoms with E-state index in [0.29, 0.717) is 17.9 Å². The highest BCUT2D eigenvalue weighted by Crippen LogP contribution is 2.43. The molecule has 2 aromatic rings. The number of nitrogens with zero attached hydrogens (tertiary/aromatic N) is 2. The molecule has 2 aliphatic heterocycles. The number of amides is 3. The number of carbonyl (C=O) groups excluding carboxylic acids is 3. The molecule has 1 saturated heterocycles. The largest absolute Gasteiger partial charge is 0.482 e. The number of nitrogens with one attached hydrogen (secondary N) is 2. The van der Waals surface area contributed by atoms with E-state index in [9.17, 15) is 19.6 Å². The molecule has 0 unspecified atom stereocenters. The van der Waals surface area contributed by atoms with E-state index in [1.54, 1.807) is 4.90 Å². The monoisotopic (exact) mass is 516 g/mol. The van der Waals surface area contributed by atoms with Crippen LogP contribution in [0.25, 0.3) is 11.1 Å². The predicted octanol–water partition coefficient (Wildman–Crippen LogP) is 4.02. The van der Waals surface area contributed by atoms with Crippen LogP contribution in [0.4, 0.5) is 10.5 Å². The first-order valence-electron chi connectivity index (χ1n) is 13.0. The summed E-state index contributed by atoms with van der Waals surface area (Å²) in [5.41, 5.74) is 2.75. The number of fused-ring (bicyclic) bond motifs is 3. The third kappa shape index (κ3) is 5.30. The zero-order chi connectivity index (χ0) is 27.0. The fourth-order valence-electron chi connectivity index (χ4n) is 5.62. The number of benzene rings is 2. The smallest absolute Gasteiger partial charge is 0.411 e. The molecular weight excluding hydrogens is 484 g/mol. The summed E-state index contributed by atoms with van der Waals surface area (Å²) < 4.78 is 11.0. The van der Waals surface area contributed by atoms with Gasteiger partial charge in [-0.05, 0) is 74.8 Å². The van der Waals surface area contributed by atoms with Crippen molar-refractivity contribution in [3.05, 3.63) is 48.0 Å². The zero-order valence-corrected chi connectivity index (χ0v) is 21.8. The molecule has 1 aliphatic carbocycles. The molecule has 2 N–H and O–H groups in total. The van der Waals surface area contributed by atoms with E-state index < -0.39 is 23.8 Å². The van der Waals surface area contributed by atoms with Gasteiger partial charge < -0.3 is 20.1 Å². The first kappa shape index (κ1) is 25.6. The first-order chi connectivity index (χ1) is 18.1. The summed E-state index contributed by atoms with van der Waals surface area (Å²) >= 11 is 0. The number of rotatable bonds is 5. The lowest BCUT2D eigenvalue weighted by molar-refractivity contribution is -0.128. The van der Waals surface area contributed by atoms with Crippen molar-refractivity contribution >= 4 is 23.6 Å². The van der Waals surface area contributed by atoms with Gasteiger partial charge in [0.2, 0.25) is 5.91 Å². The minimum Gasteiger partial charge on any atom is -0.482 e. The van der Waals surface area contributed by atoms with Crippen molar-refractivity contribution in [2.24, 2.45) is 5.92 Å².